The van der Waals surface area contributed by atoms with E-state index in [0.29, 0.717) is 5.56 Å². The van der Waals surface area contributed by atoms with E-state index in [1.165, 1.54) is 12.1 Å². The van der Waals surface area contributed by atoms with Gasteiger partial charge < -0.3 is 0 Å². The number of aryl methyl sites for hydroxylation is 1. The predicted octanol–water partition coefficient (Wildman–Crippen LogP) is 1.58. The van der Waals surface area contributed by atoms with Crippen LogP contribution >= 0.6 is 0 Å². The summed E-state index contributed by atoms with van der Waals surface area (Å²) in [6, 6.07) is 8.30. The monoisotopic (exact) mass is 344 g/mol. The molecule has 2 aromatic carbocycles. The average Bonchev–Trinajstić information content (AvgIpc) is 2.42. The molecule has 0 saturated heterocycles. The Bertz CT molecular complexity index is 908. The van der Waals surface area contributed by atoms with Crippen LogP contribution in [0.2, 0.25) is 0 Å². The van der Waals surface area contributed by atoms with Crippen molar-refractivity contribution in [2.75, 3.05) is 4.72 Å². The number of hydrogen-bond donors (Lipinski definition) is 2. The van der Waals surface area contributed by atoms with Crippen LogP contribution in [0, 0.1) is 12.7 Å². The second kappa shape index (κ2) is 5.67. The first-order valence-electron chi connectivity index (χ1n) is 6.01. The number of rotatable bonds is 4. The van der Waals surface area contributed by atoms with Gasteiger partial charge in [0, 0.05) is 0 Å². The van der Waals surface area contributed by atoms with Crippen molar-refractivity contribution < 1.29 is 21.2 Å². The van der Waals surface area contributed by atoms with Gasteiger partial charge in [-0.05, 0) is 48.9 Å². The third-order valence-corrected chi connectivity index (χ3v) is 5.21. The first-order chi connectivity index (χ1) is 10.1. The van der Waals surface area contributed by atoms with Crippen LogP contribution in [0.3, 0.4) is 0 Å². The molecular weight excluding hydrogens is 331 g/mol. The van der Waals surface area contributed by atoms with Gasteiger partial charge in [-0.25, -0.2) is 26.4 Å². The standard InChI is InChI=1S/C13H13FN2O4S2/c1-9-2-3-10(8-13(9)14)16-22(19,20)12-6-4-11(5-7-12)21(15,17)18/h2-8,16H,1H3,(H2,15,17,18). The van der Waals surface area contributed by atoms with Crippen LogP contribution in [-0.4, -0.2) is 16.8 Å². The van der Waals surface area contributed by atoms with Crippen LogP contribution < -0.4 is 9.86 Å². The Balaban J connectivity index is 2.32. The highest BCUT2D eigenvalue weighted by Gasteiger charge is 2.16. The van der Waals surface area contributed by atoms with E-state index in [-0.39, 0.29) is 15.5 Å². The highest BCUT2D eigenvalue weighted by molar-refractivity contribution is 7.92. The van der Waals surface area contributed by atoms with Gasteiger partial charge in [0.1, 0.15) is 5.82 Å². The third-order valence-electron chi connectivity index (χ3n) is 2.89. The second-order valence-corrected chi connectivity index (χ2v) is 7.83. The van der Waals surface area contributed by atoms with E-state index in [4.69, 9.17) is 5.14 Å². The second-order valence-electron chi connectivity index (χ2n) is 4.59. The Labute approximate surface area is 127 Å². The summed E-state index contributed by atoms with van der Waals surface area (Å²) in [6.45, 7) is 1.56. The smallest absolute Gasteiger partial charge is 0.261 e. The number of nitrogens with two attached hydrogens (primary N) is 1. The maximum Gasteiger partial charge on any atom is 0.261 e. The van der Waals surface area contributed by atoms with Crippen molar-refractivity contribution in [3.8, 4) is 0 Å². The molecule has 0 radical (unpaired) electrons. The quantitative estimate of drug-likeness (QED) is 0.878. The Morgan fingerprint density at radius 3 is 2.00 bits per heavy atom. The highest BCUT2D eigenvalue weighted by atomic mass is 32.2. The Hall–Kier alpha value is -1.97. The summed E-state index contributed by atoms with van der Waals surface area (Å²) in [5.74, 6) is -0.537. The maximum absolute atomic E-state index is 13.4. The zero-order valence-corrected chi connectivity index (χ0v) is 13.1. The summed E-state index contributed by atoms with van der Waals surface area (Å²) in [5, 5.41) is 4.94. The molecule has 0 aliphatic carbocycles. The van der Waals surface area contributed by atoms with Gasteiger partial charge in [0.25, 0.3) is 10.0 Å². The summed E-state index contributed by atoms with van der Waals surface area (Å²) in [5.41, 5.74) is 0.457. The topological polar surface area (TPSA) is 106 Å². The molecule has 0 unspecified atom stereocenters. The molecule has 2 rings (SSSR count). The fraction of sp³-hybridized carbons (Fsp3) is 0.0769. The SMILES string of the molecule is Cc1ccc(NS(=O)(=O)c2ccc(S(N)(=O)=O)cc2)cc1F. The normalized spacial score (nSPS) is 12.1. The molecule has 0 bridgehead atoms. The molecule has 0 atom stereocenters. The number of sulfonamides is 2. The van der Waals surface area contributed by atoms with Crippen molar-refractivity contribution in [3.63, 3.8) is 0 Å². The van der Waals surface area contributed by atoms with E-state index in [1.54, 1.807) is 6.92 Å². The minimum absolute atomic E-state index is 0.0682. The fourth-order valence-electron chi connectivity index (χ4n) is 1.68. The Morgan fingerprint density at radius 1 is 0.955 bits per heavy atom. The Morgan fingerprint density at radius 2 is 1.50 bits per heavy atom. The van der Waals surface area contributed by atoms with Crippen LogP contribution in [-0.2, 0) is 20.0 Å². The van der Waals surface area contributed by atoms with Crippen molar-refractivity contribution in [3.05, 3.63) is 53.8 Å². The number of hydrogen-bond acceptors (Lipinski definition) is 4. The lowest BCUT2D eigenvalue weighted by Gasteiger charge is -2.09. The molecule has 0 aliphatic rings. The van der Waals surface area contributed by atoms with Gasteiger partial charge in [0.2, 0.25) is 10.0 Å². The van der Waals surface area contributed by atoms with Gasteiger partial charge in [-0.2, -0.15) is 0 Å². The van der Waals surface area contributed by atoms with Gasteiger partial charge in [-0.15, -0.1) is 0 Å². The molecule has 9 heteroatoms. The zero-order chi connectivity index (χ0) is 16.5. The van der Waals surface area contributed by atoms with Crippen LogP contribution in [0.25, 0.3) is 0 Å². The van der Waals surface area contributed by atoms with Gasteiger partial charge in [-0.3, -0.25) is 4.72 Å². The molecule has 118 valence electrons. The molecule has 0 fully saturated rings. The first-order valence-corrected chi connectivity index (χ1v) is 9.04. The van der Waals surface area contributed by atoms with Crippen molar-refractivity contribution in [2.24, 2.45) is 5.14 Å². The molecule has 22 heavy (non-hydrogen) atoms. The molecular formula is C13H13FN2O4S2. The van der Waals surface area contributed by atoms with E-state index < -0.39 is 25.9 Å². The van der Waals surface area contributed by atoms with Crippen molar-refractivity contribution in [2.45, 2.75) is 16.7 Å². The summed E-state index contributed by atoms with van der Waals surface area (Å²) >= 11 is 0. The minimum Gasteiger partial charge on any atom is -0.280 e. The lowest BCUT2D eigenvalue weighted by molar-refractivity contribution is 0.595. The van der Waals surface area contributed by atoms with E-state index in [0.717, 1.165) is 30.3 Å². The van der Waals surface area contributed by atoms with Crippen LogP contribution in [0.15, 0.2) is 52.3 Å². The van der Waals surface area contributed by atoms with E-state index in [1.807, 2.05) is 0 Å². The molecule has 6 nitrogen and oxygen atoms in total. The minimum atomic E-state index is -3.96. The van der Waals surface area contributed by atoms with Gasteiger partial charge in [-0.1, -0.05) is 6.07 Å². The maximum atomic E-state index is 13.4. The number of benzene rings is 2. The molecule has 0 amide bonds. The molecule has 0 aromatic heterocycles. The summed E-state index contributed by atoms with van der Waals surface area (Å²) in [7, 11) is -7.86. The van der Waals surface area contributed by atoms with Crippen molar-refractivity contribution in [1.82, 2.24) is 0 Å². The third kappa shape index (κ3) is 3.62. The fourth-order valence-corrected chi connectivity index (χ4v) is 3.24. The van der Waals surface area contributed by atoms with Gasteiger partial charge in [0.15, 0.2) is 0 Å². The lowest BCUT2D eigenvalue weighted by Crippen LogP contribution is -2.15. The van der Waals surface area contributed by atoms with E-state index in [9.17, 15) is 21.2 Å². The Kier molecular flexibility index (Phi) is 4.23. The predicted molar refractivity (Wildman–Crippen MR) is 79.8 cm³/mol. The highest BCUT2D eigenvalue weighted by Crippen LogP contribution is 2.19. The number of halogens is 1. The molecule has 0 aliphatic heterocycles. The average molecular weight is 344 g/mol. The first kappa shape index (κ1) is 16.4. The van der Waals surface area contributed by atoms with E-state index >= 15 is 0 Å². The van der Waals surface area contributed by atoms with Crippen LogP contribution in [0.4, 0.5) is 10.1 Å². The number of primary sulfonamides is 1. The molecule has 0 heterocycles. The summed E-state index contributed by atoms with van der Waals surface area (Å²) in [6.07, 6.45) is 0. The zero-order valence-electron chi connectivity index (χ0n) is 11.4. The number of anilines is 1. The van der Waals surface area contributed by atoms with Gasteiger partial charge >= 0.3 is 0 Å². The van der Waals surface area contributed by atoms with Crippen molar-refractivity contribution >= 4 is 25.7 Å². The lowest BCUT2D eigenvalue weighted by atomic mass is 10.2. The molecule has 3 N–H and O–H groups in total. The van der Waals surface area contributed by atoms with Gasteiger partial charge in [0.05, 0.1) is 15.5 Å². The number of nitrogens with one attached hydrogen (secondary N) is 1. The molecule has 0 saturated carbocycles. The molecule has 2 aromatic rings. The van der Waals surface area contributed by atoms with Crippen molar-refractivity contribution in [1.29, 1.82) is 0 Å². The van der Waals surface area contributed by atoms with E-state index in [2.05, 4.69) is 4.72 Å². The van der Waals surface area contributed by atoms with Crippen LogP contribution in [0.5, 0.6) is 0 Å². The molecule has 0 spiro atoms. The summed E-state index contributed by atoms with van der Waals surface area (Å²) in [4.78, 5) is -0.367. The largest absolute Gasteiger partial charge is 0.280 e. The van der Waals surface area contributed by atoms with Crippen LogP contribution in [0.1, 0.15) is 5.56 Å². The summed E-state index contributed by atoms with van der Waals surface area (Å²) < 4.78 is 62.2.